The predicted molar refractivity (Wildman–Crippen MR) is 253 cm³/mol. The summed E-state index contributed by atoms with van der Waals surface area (Å²) in [7, 11) is 1.36. The molecule has 0 bridgehead atoms. The maximum atomic E-state index is 12.7. The Labute approximate surface area is 370 Å². The molecular weight excluding hydrogens is 790 g/mol. The molecule has 0 saturated carbocycles. The predicted octanol–water partition coefficient (Wildman–Crippen LogP) is 12.1. The molecule has 0 aliphatic rings. The summed E-state index contributed by atoms with van der Waals surface area (Å²) in [5, 5.41) is 9.74. The SMILES string of the molecule is CCCCC/C=C\C/C=C\C/C=C\C/C=C\C/C=C\CCC(=O)OC[C@H](COP(=O)(O)OCC[N+](C)(C)C)OC(=O)CCC/C=C\C/C=C\C/C=C\C/C=C\CC(O)CCC. The van der Waals surface area contributed by atoms with Crippen molar-refractivity contribution >= 4 is 19.8 Å². The second-order valence-corrected chi connectivity index (χ2v) is 17.4. The molecule has 0 aromatic heterocycles. The summed E-state index contributed by atoms with van der Waals surface area (Å²) in [6, 6.07) is 0. The third kappa shape index (κ3) is 44.5. The molecule has 346 valence electrons. The first-order valence-electron chi connectivity index (χ1n) is 22.7. The molecule has 0 amide bonds. The van der Waals surface area contributed by atoms with Crippen LogP contribution in [0.5, 0.6) is 0 Å². The van der Waals surface area contributed by atoms with Gasteiger partial charge in [-0.25, -0.2) is 4.57 Å². The Morgan fingerprint density at radius 1 is 0.574 bits per heavy atom. The summed E-state index contributed by atoms with van der Waals surface area (Å²) in [6.45, 7) is 4.00. The van der Waals surface area contributed by atoms with Gasteiger partial charge in [0, 0.05) is 12.8 Å². The van der Waals surface area contributed by atoms with Gasteiger partial charge in [0.25, 0.3) is 0 Å². The number of rotatable bonds is 39. The van der Waals surface area contributed by atoms with Crippen LogP contribution in [0, 0.1) is 0 Å². The number of hydrogen-bond donors (Lipinski definition) is 2. The number of carbonyl (C=O) groups excluding carboxylic acids is 2. The number of esters is 2. The lowest BCUT2D eigenvalue weighted by Gasteiger charge is -2.24. The van der Waals surface area contributed by atoms with Crippen molar-refractivity contribution in [2.75, 3.05) is 47.5 Å². The van der Waals surface area contributed by atoms with Crippen molar-refractivity contribution in [1.82, 2.24) is 0 Å². The number of hydrogen-bond acceptors (Lipinski definition) is 8. The molecule has 0 radical (unpaired) electrons. The van der Waals surface area contributed by atoms with Crippen LogP contribution in [0.3, 0.4) is 0 Å². The molecule has 2 unspecified atom stereocenters. The molecule has 61 heavy (non-hydrogen) atoms. The largest absolute Gasteiger partial charge is 0.472 e. The number of quaternary nitrogens is 1. The molecule has 11 heteroatoms. The number of likely N-dealkylation sites (N-methyl/N-ethyl adjacent to an activating group) is 1. The fourth-order valence-corrected chi connectivity index (χ4v) is 6.04. The van der Waals surface area contributed by atoms with Gasteiger partial charge in [-0.1, -0.05) is 142 Å². The first-order valence-corrected chi connectivity index (χ1v) is 24.2. The molecule has 2 N–H and O–H groups in total. The highest BCUT2D eigenvalue weighted by Gasteiger charge is 2.27. The van der Waals surface area contributed by atoms with E-state index in [1.165, 1.54) is 25.7 Å². The lowest BCUT2D eigenvalue weighted by Crippen LogP contribution is -2.37. The molecule has 0 aromatic rings. The van der Waals surface area contributed by atoms with E-state index in [1.54, 1.807) is 0 Å². The molecular formula is C50H83NO9P+. The van der Waals surface area contributed by atoms with Crippen molar-refractivity contribution in [3.8, 4) is 0 Å². The van der Waals surface area contributed by atoms with Crippen LogP contribution in [-0.2, 0) is 32.7 Å². The number of unbranched alkanes of at least 4 members (excludes halogenated alkanes) is 4. The third-order valence-electron chi connectivity index (χ3n) is 8.84. The molecule has 3 atom stereocenters. The van der Waals surface area contributed by atoms with Crippen LogP contribution >= 0.6 is 7.82 Å². The summed E-state index contributed by atoms with van der Waals surface area (Å²) in [5.41, 5.74) is 0. The third-order valence-corrected chi connectivity index (χ3v) is 9.83. The number of carbonyl (C=O) groups is 2. The van der Waals surface area contributed by atoms with E-state index in [4.69, 9.17) is 18.5 Å². The Kier molecular flexibility index (Phi) is 38.4. The molecule has 0 fully saturated rings. The highest BCUT2D eigenvalue weighted by Crippen LogP contribution is 2.43. The highest BCUT2D eigenvalue weighted by atomic mass is 31.2. The molecule has 0 rings (SSSR count). The minimum atomic E-state index is -4.42. The van der Waals surface area contributed by atoms with Crippen molar-refractivity contribution in [2.24, 2.45) is 0 Å². The second-order valence-electron chi connectivity index (χ2n) is 15.9. The number of phosphoric ester groups is 1. The van der Waals surface area contributed by atoms with E-state index in [0.29, 0.717) is 36.7 Å². The number of allylic oxidation sites excluding steroid dienone is 17. The lowest BCUT2D eigenvalue weighted by atomic mass is 10.1. The van der Waals surface area contributed by atoms with E-state index in [-0.39, 0.29) is 32.2 Å². The van der Waals surface area contributed by atoms with Gasteiger partial charge >= 0.3 is 19.8 Å². The van der Waals surface area contributed by atoms with E-state index in [0.717, 1.165) is 57.8 Å². The fourth-order valence-electron chi connectivity index (χ4n) is 5.30. The second kappa shape index (κ2) is 40.7. The zero-order chi connectivity index (χ0) is 45.1. The lowest BCUT2D eigenvalue weighted by molar-refractivity contribution is -0.870. The Morgan fingerprint density at radius 3 is 1.54 bits per heavy atom. The minimum absolute atomic E-state index is 0.00281. The number of ether oxygens (including phenoxy) is 2. The summed E-state index contributed by atoms with van der Waals surface area (Å²) in [6.07, 6.45) is 52.2. The monoisotopic (exact) mass is 873 g/mol. The molecule has 0 aliphatic carbocycles. The van der Waals surface area contributed by atoms with E-state index in [9.17, 15) is 24.2 Å². The molecule has 0 spiro atoms. The molecule has 0 aromatic carbocycles. The maximum Gasteiger partial charge on any atom is 0.472 e. The van der Waals surface area contributed by atoms with Gasteiger partial charge in [-0.15, -0.1) is 0 Å². The van der Waals surface area contributed by atoms with Gasteiger partial charge in [-0.05, 0) is 89.9 Å². The van der Waals surface area contributed by atoms with Crippen LogP contribution in [0.1, 0.15) is 136 Å². The van der Waals surface area contributed by atoms with Crippen LogP contribution in [-0.4, -0.2) is 86.1 Å². The maximum absolute atomic E-state index is 12.7. The van der Waals surface area contributed by atoms with Crippen LogP contribution < -0.4 is 0 Å². The summed E-state index contributed by atoms with van der Waals surface area (Å²) in [5.74, 6) is -0.993. The highest BCUT2D eigenvalue weighted by molar-refractivity contribution is 7.47. The van der Waals surface area contributed by atoms with E-state index >= 15 is 0 Å². The first kappa shape index (κ1) is 57.6. The van der Waals surface area contributed by atoms with E-state index < -0.39 is 32.5 Å². The van der Waals surface area contributed by atoms with Gasteiger partial charge < -0.3 is 24.0 Å². The van der Waals surface area contributed by atoms with Crippen LogP contribution in [0.15, 0.2) is 109 Å². The summed E-state index contributed by atoms with van der Waals surface area (Å²) < 4.78 is 34.1. The fraction of sp³-hybridized carbons (Fsp3) is 0.600. The zero-order valence-electron chi connectivity index (χ0n) is 38.5. The van der Waals surface area contributed by atoms with Gasteiger partial charge in [-0.2, -0.15) is 0 Å². The first-order chi connectivity index (χ1) is 29.4. The molecule has 10 nitrogen and oxygen atoms in total. The van der Waals surface area contributed by atoms with Gasteiger partial charge in [0.1, 0.15) is 19.8 Å². The van der Waals surface area contributed by atoms with Crippen molar-refractivity contribution in [2.45, 2.75) is 148 Å². The number of nitrogens with zero attached hydrogens (tertiary/aromatic N) is 1. The van der Waals surface area contributed by atoms with Gasteiger partial charge in [0.05, 0.1) is 33.9 Å². The number of aliphatic hydroxyl groups is 1. The van der Waals surface area contributed by atoms with Crippen LogP contribution in [0.25, 0.3) is 0 Å². The standard InChI is InChI=1S/C50H82NO9P/c1-6-8-9-10-11-12-13-14-15-16-17-18-19-22-25-28-31-34-37-41-49(53)57-45-48(46-59-61(55,56)58-44-43-51(3,4)5)60-50(54)42-38-35-32-29-26-23-20-21-24-27-30-33-36-40-47(52)39-7-2/h11-12,14-15,17-18,20,22-25,27,29,31-34,36,47-48,52H,6-10,13,16,19,21,26,28,30,35,37-46H2,1-5H3/p+1/b12-11-,15-14-,18-17-,23-20-,25-22-,27-24-,32-29-,34-31-,36-33-/t47?,48-/m1/s1. The Bertz CT molecular complexity index is 1420. The summed E-state index contributed by atoms with van der Waals surface area (Å²) >= 11 is 0. The molecule has 0 heterocycles. The average Bonchev–Trinajstić information content (AvgIpc) is 3.20. The van der Waals surface area contributed by atoms with E-state index in [1.807, 2.05) is 51.5 Å². The molecule has 0 aliphatic heterocycles. The number of phosphoric acid groups is 1. The minimum Gasteiger partial charge on any atom is -0.462 e. The Balaban J connectivity index is 4.60. The van der Waals surface area contributed by atoms with Crippen LogP contribution in [0.4, 0.5) is 0 Å². The van der Waals surface area contributed by atoms with Crippen LogP contribution in [0.2, 0.25) is 0 Å². The smallest absolute Gasteiger partial charge is 0.462 e. The summed E-state index contributed by atoms with van der Waals surface area (Å²) in [4.78, 5) is 35.3. The Morgan fingerprint density at radius 2 is 1.05 bits per heavy atom. The van der Waals surface area contributed by atoms with Crippen molar-refractivity contribution < 1.29 is 47.2 Å². The van der Waals surface area contributed by atoms with Gasteiger partial charge in [0.2, 0.25) is 0 Å². The normalized spacial score (nSPS) is 15.1. The van der Waals surface area contributed by atoms with E-state index in [2.05, 4.69) is 92.8 Å². The van der Waals surface area contributed by atoms with Gasteiger partial charge in [-0.3, -0.25) is 18.6 Å². The molecule has 0 saturated heterocycles. The topological polar surface area (TPSA) is 129 Å². The Hall–Kier alpha value is -3.37. The quantitative estimate of drug-likeness (QED) is 0.0204. The van der Waals surface area contributed by atoms with Crippen molar-refractivity contribution in [3.63, 3.8) is 0 Å². The van der Waals surface area contributed by atoms with Gasteiger partial charge in [0.15, 0.2) is 6.10 Å². The van der Waals surface area contributed by atoms with Crippen molar-refractivity contribution in [3.05, 3.63) is 109 Å². The van der Waals surface area contributed by atoms with Crippen molar-refractivity contribution in [1.29, 1.82) is 0 Å². The average molecular weight is 873 g/mol. The number of aliphatic hydroxyl groups excluding tert-OH is 1. The zero-order valence-corrected chi connectivity index (χ0v) is 39.4.